The van der Waals surface area contributed by atoms with Gasteiger partial charge in [0.25, 0.3) is 0 Å². The lowest BCUT2D eigenvalue weighted by Gasteiger charge is -2.25. The van der Waals surface area contributed by atoms with Gasteiger partial charge < -0.3 is 5.32 Å². The van der Waals surface area contributed by atoms with E-state index in [0.29, 0.717) is 11.8 Å². The van der Waals surface area contributed by atoms with Crippen LogP contribution >= 0.6 is 23.4 Å². The van der Waals surface area contributed by atoms with Gasteiger partial charge in [-0.15, -0.1) is 0 Å². The van der Waals surface area contributed by atoms with Gasteiger partial charge in [-0.05, 0) is 30.4 Å². The van der Waals surface area contributed by atoms with Gasteiger partial charge in [-0.2, -0.15) is 5.10 Å². The van der Waals surface area contributed by atoms with Crippen molar-refractivity contribution < 1.29 is 0 Å². The van der Waals surface area contributed by atoms with Crippen LogP contribution in [0.4, 0.5) is 0 Å². The van der Waals surface area contributed by atoms with Crippen LogP contribution in [-0.2, 0) is 0 Å². The van der Waals surface area contributed by atoms with E-state index in [4.69, 9.17) is 11.6 Å². The predicted molar refractivity (Wildman–Crippen MR) is 81.4 cm³/mol. The van der Waals surface area contributed by atoms with E-state index < -0.39 is 0 Å². The third-order valence-electron chi connectivity index (χ3n) is 3.58. The van der Waals surface area contributed by atoms with Crippen LogP contribution in [0.25, 0.3) is 5.70 Å². The Morgan fingerprint density at radius 3 is 3.16 bits per heavy atom. The third kappa shape index (κ3) is 2.74. The maximum Gasteiger partial charge on any atom is 0.152 e. The van der Waals surface area contributed by atoms with Gasteiger partial charge in [-0.25, -0.2) is 4.68 Å². The van der Waals surface area contributed by atoms with E-state index in [9.17, 15) is 0 Å². The molecule has 1 N–H and O–H groups in total. The predicted octanol–water partition coefficient (Wildman–Crippen LogP) is 3.64. The molecule has 2 aliphatic rings. The smallest absolute Gasteiger partial charge is 0.152 e. The van der Waals surface area contributed by atoms with Crippen molar-refractivity contribution >= 4 is 29.1 Å². The van der Waals surface area contributed by atoms with Crippen molar-refractivity contribution in [1.82, 2.24) is 15.1 Å². The van der Waals surface area contributed by atoms with Crippen LogP contribution in [0.1, 0.15) is 13.3 Å². The van der Waals surface area contributed by atoms with Crippen LogP contribution in [0.2, 0.25) is 0 Å². The fourth-order valence-corrected chi connectivity index (χ4v) is 3.70. The highest BCUT2D eigenvalue weighted by molar-refractivity contribution is 8.04. The molecule has 1 aliphatic heterocycles. The Morgan fingerprint density at radius 1 is 1.58 bits per heavy atom. The number of hydrogen-bond donors (Lipinski definition) is 1. The van der Waals surface area contributed by atoms with Crippen molar-refractivity contribution in [1.29, 1.82) is 0 Å². The zero-order valence-electron chi connectivity index (χ0n) is 10.7. The molecule has 100 valence electrons. The lowest BCUT2D eigenvalue weighted by Crippen LogP contribution is -2.15. The number of nitrogens with zero attached hydrogens (tertiary/aromatic N) is 2. The lowest BCUT2D eigenvalue weighted by molar-refractivity contribution is 0.504. The first-order valence-electron chi connectivity index (χ1n) is 6.38. The molecule has 1 aromatic rings. The van der Waals surface area contributed by atoms with E-state index in [-0.39, 0.29) is 4.83 Å². The summed E-state index contributed by atoms with van der Waals surface area (Å²) in [5, 5.41) is 7.44. The largest absolute Gasteiger partial charge is 0.366 e. The van der Waals surface area contributed by atoms with Crippen molar-refractivity contribution in [3.8, 4) is 0 Å². The van der Waals surface area contributed by atoms with E-state index >= 15 is 0 Å². The molecule has 2 heterocycles. The highest BCUT2D eigenvalue weighted by atomic mass is 35.5. The van der Waals surface area contributed by atoms with Gasteiger partial charge in [0, 0.05) is 29.2 Å². The molecular formula is C14H16ClN3S. The zero-order chi connectivity index (χ0) is 13.2. The normalized spacial score (nSPS) is 27.7. The van der Waals surface area contributed by atoms with E-state index in [2.05, 4.69) is 35.6 Å². The summed E-state index contributed by atoms with van der Waals surface area (Å²) < 4.78 is 1.95. The monoisotopic (exact) mass is 293 g/mol. The average Bonchev–Trinajstić information content (AvgIpc) is 3.09. The van der Waals surface area contributed by atoms with Gasteiger partial charge in [-0.1, -0.05) is 42.4 Å². The Balaban J connectivity index is 1.71. The van der Waals surface area contributed by atoms with Crippen molar-refractivity contribution in [2.45, 2.75) is 18.2 Å². The molecule has 0 saturated heterocycles. The Labute approximate surface area is 122 Å². The molecule has 1 aliphatic carbocycles. The van der Waals surface area contributed by atoms with Crippen LogP contribution < -0.4 is 5.32 Å². The molecule has 0 spiro atoms. The minimum atomic E-state index is -0.0221. The Hall–Kier alpha value is -1.13. The van der Waals surface area contributed by atoms with Gasteiger partial charge in [0.1, 0.15) is 0 Å². The minimum absolute atomic E-state index is 0.0221. The molecule has 0 bridgehead atoms. The number of halogens is 1. The van der Waals surface area contributed by atoms with Crippen LogP contribution in [0, 0.1) is 11.8 Å². The van der Waals surface area contributed by atoms with Crippen molar-refractivity contribution in [2.24, 2.45) is 11.8 Å². The van der Waals surface area contributed by atoms with Crippen LogP contribution in [-0.4, -0.2) is 14.6 Å². The van der Waals surface area contributed by atoms with Crippen LogP contribution in [0.15, 0.2) is 47.8 Å². The molecule has 3 nitrogen and oxygen atoms in total. The summed E-state index contributed by atoms with van der Waals surface area (Å²) >= 11 is 7.76. The van der Waals surface area contributed by atoms with Gasteiger partial charge in [0.15, 0.2) is 4.83 Å². The highest BCUT2D eigenvalue weighted by Crippen LogP contribution is 2.40. The van der Waals surface area contributed by atoms with Gasteiger partial charge >= 0.3 is 0 Å². The summed E-state index contributed by atoms with van der Waals surface area (Å²) in [5.74, 6) is 0.962. The fraction of sp³-hybridized carbons (Fsp3) is 0.357. The van der Waals surface area contributed by atoms with E-state index in [1.54, 1.807) is 11.8 Å². The second kappa shape index (κ2) is 5.47. The van der Waals surface area contributed by atoms with Gasteiger partial charge in [0.05, 0.1) is 0 Å². The minimum Gasteiger partial charge on any atom is -0.366 e. The number of alkyl halides is 1. The van der Waals surface area contributed by atoms with Gasteiger partial charge in [-0.3, -0.25) is 0 Å². The molecule has 0 fully saturated rings. The molecule has 19 heavy (non-hydrogen) atoms. The maximum absolute atomic E-state index is 6.06. The summed E-state index contributed by atoms with van der Waals surface area (Å²) in [6.07, 6.45) is 13.4. The highest BCUT2D eigenvalue weighted by Gasteiger charge is 2.26. The molecule has 0 aromatic carbocycles. The second-order valence-electron chi connectivity index (χ2n) is 4.80. The molecule has 3 unspecified atom stereocenters. The summed E-state index contributed by atoms with van der Waals surface area (Å²) in [6, 6.07) is 1.95. The first kappa shape index (κ1) is 12.9. The summed E-state index contributed by atoms with van der Waals surface area (Å²) in [7, 11) is 0. The number of rotatable bonds is 3. The molecule has 0 amide bonds. The van der Waals surface area contributed by atoms with Gasteiger partial charge in [0.2, 0.25) is 0 Å². The average molecular weight is 294 g/mol. The van der Waals surface area contributed by atoms with E-state index in [0.717, 1.165) is 6.42 Å². The first-order chi connectivity index (χ1) is 9.24. The molecule has 0 radical (unpaired) electrons. The molecule has 5 heteroatoms. The second-order valence-corrected chi connectivity index (χ2v) is 6.67. The molecule has 0 saturated carbocycles. The number of nitrogens with one attached hydrogen (secondary N) is 1. The maximum atomic E-state index is 6.06. The Kier molecular flexibility index (Phi) is 3.71. The summed E-state index contributed by atoms with van der Waals surface area (Å²) in [4.78, 5) is 1.31. The standard InChI is InChI=1S/C14H16ClN3S/c1-10(13-9-16-14(15)19-13)11-4-2-5-12(8-11)18-7-3-6-17-18/h2-7,9-11,14,16H,8H2,1H3. The SMILES string of the molecule is CC(C1=CNC(Cl)S1)C1C=CC=C(n2cccn2)C1. The van der Waals surface area contributed by atoms with E-state index in [1.165, 1.54) is 10.6 Å². The first-order valence-corrected chi connectivity index (χ1v) is 7.70. The molecule has 3 rings (SSSR count). The topological polar surface area (TPSA) is 29.9 Å². The van der Waals surface area contributed by atoms with E-state index in [1.807, 2.05) is 29.3 Å². The zero-order valence-corrected chi connectivity index (χ0v) is 12.2. The third-order valence-corrected chi connectivity index (χ3v) is 5.08. The number of thioether (sulfide) groups is 1. The summed E-state index contributed by atoms with van der Waals surface area (Å²) in [5.41, 5.74) is 1.24. The quantitative estimate of drug-likeness (QED) is 0.682. The lowest BCUT2D eigenvalue weighted by atomic mass is 9.86. The Bertz CT molecular complexity index is 533. The summed E-state index contributed by atoms with van der Waals surface area (Å²) in [6.45, 7) is 2.26. The van der Waals surface area contributed by atoms with Crippen LogP contribution in [0.3, 0.4) is 0 Å². The molecule has 1 aromatic heterocycles. The van der Waals surface area contributed by atoms with Crippen molar-refractivity contribution in [2.75, 3.05) is 0 Å². The fourth-order valence-electron chi connectivity index (χ4n) is 2.42. The molecule has 3 atom stereocenters. The number of aromatic nitrogens is 2. The number of allylic oxidation sites excluding steroid dienone is 5. The number of hydrogen-bond acceptors (Lipinski definition) is 3. The van der Waals surface area contributed by atoms with Crippen LogP contribution in [0.5, 0.6) is 0 Å². The van der Waals surface area contributed by atoms with Crippen molar-refractivity contribution in [3.05, 3.63) is 47.8 Å². The van der Waals surface area contributed by atoms with Crippen molar-refractivity contribution in [3.63, 3.8) is 0 Å². The molecular weight excluding hydrogens is 278 g/mol. The Morgan fingerprint density at radius 2 is 2.47 bits per heavy atom.